The van der Waals surface area contributed by atoms with Gasteiger partial charge in [0.2, 0.25) is 0 Å². The fraction of sp³-hybridized carbons (Fsp3) is 0. The molecule has 0 atom stereocenters. The molecule has 0 saturated heterocycles. The average molecular weight is 500 g/mol. The molecule has 7 rings (SSSR count). The quantitative estimate of drug-likeness (QED) is 0.103. The molecule has 0 amide bonds. The summed E-state index contributed by atoms with van der Waals surface area (Å²) < 4.78 is 0. The molecule has 0 heterocycles. The zero-order valence-corrected chi connectivity index (χ0v) is 21.9. The molecule has 0 spiro atoms. The maximum absolute atomic E-state index is 6.17. The van der Waals surface area contributed by atoms with Crippen LogP contribution in [-0.4, -0.2) is 7.85 Å². The maximum atomic E-state index is 6.17. The van der Waals surface area contributed by atoms with Gasteiger partial charge in [-0.1, -0.05) is 151 Å². The Kier molecular flexibility index (Phi) is 7.03. The molecule has 0 aliphatic heterocycles. The molecule has 2 heteroatoms. The van der Waals surface area contributed by atoms with Crippen LogP contribution in [0.25, 0.3) is 32.3 Å². The van der Waals surface area contributed by atoms with E-state index in [9.17, 15) is 0 Å². The van der Waals surface area contributed by atoms with E-state index in [4.69, 9.17) is 7.85 Å². The van der Waals surface area contributed by atoms with Crippen molar-refractivity contribution in [3.05, 3.63) is 158 Å². The molecule has 0 bridgehead atoms. The van der Waals surface area contributed by atoms with Crippen LogP contribution in [0.1, 0.15) is 0 Å². The van der Waals surface area contributed by atoms with Crippen LogP contribution in [0.4, 0.5) is 0 Å². The van der Waals surface area contributed by atoms with Gasteiger partial charge >= 0.3 is 0 Å². The molecule has 0 N–H and O–H groups in total. The Hall–Kier alpha value is -4.19. The van der Waals surface area contributed by atoms with E-state index in [0.29, 0.717) is 0 Å². The second-order valence-corrected chi connectivity index (χ2v) is 11.5. The highest BCUT2D eigenvalue weighted by Crippen LogP contribution is 2.32. The molecule has 0 aliphatic rings. The lowest BCUT2D eigenvalue weighted by Crippen LogP contribution is -2.20. The SMILES string of the molecule is [B]c1cccc2ccc3cc4ccccc4cc3c12.c1ccc(P(c2ccccc2)c2ccccc2)cc1. The highest BCUT2D eigenvalue weighted by Gasteiger charge is 2.15. The van der Waals surface area contributed by atoms with E-state index >= 15 is 0 Å². The molecule has 0 saturated carbocycles. The van der Waals surface area contributed by atoms with Crippen molar-refractivity contribution in [2.24, 2.45) is 0 Å². The van der Waals surface area contributed by atoms with Crippen LogP contribution in [-0.2, 0) is 0 Å². The van der Waals surface area contributed by atoms with E-state index < -0.39 is 7.92 Å². The van der Waals surface area contributed by atoms with Gasteiger partial charge in [-0.15, -0.1) is 0 Å². The molecule has 7 aromatic carbocycles. The van der Waals surface area contributed by atoms with Crippen molar-refractivity contribution in [3.63, 3.8) is 0 Å². The average Bonchev–Trinajstić information content (AvgIpc) is 2.98. The third-order valence-corrected chi connectivity index (χ3v) is 9.25. The first-order valence-electron chi connectivity index (χ1n) is 12.8. The molecule has 38 heavy (non-hydrogen) atoms. The summed E-state index contributed by atoms with van der Waals surface area (Å²) in [6, 6.07) is 55.6. The van der Waals surface area contributed by atoms with Gasteiger partial charge in [-0.2, -0.15) is 0 Å². The molecule has 0 nitrogen and oxygen atoms in total. The fourth-order valence-corrected chi connectivity index (χ4v) is 7.31. The van der Waals surface area contributed by atoms with Gasteiger partial charge in [-0.3, -0.25) is 0 Å². The van der Waals surface area contributed by atoms with Gasteiger partial charge < -0.3 is 0 Å². The largest absolute Gasteiger partial charge is 0.114 e. The van der Waals surface area contributed by atoms with E-state index in [1.54, 1.807) is 0 Å². The molecular formula is C36H26BP. The molecule has 2 radical (unpaired) electrons. The first-order valence-corrected chi connectivity index (χ1v) is 14.2. The molecule has 0 aromatic heterocycles. The minimum absolute atomic E-state index is 0.446. The van der Waals surface area contributed by atoms with Gasteiger partial charge in [0, 0.05) is 0 Å². The monoisotopic (exact) mass is 500 g/mol. The van der Waals surface area contributed by atoms with E-state index in [-0.39, 0.29) is 0 Å². The zero-order valence-electron chi connectivity index (χ0n) is 21.0. The van der Waals surface area contributed by atoms with Crippen molar-refractivity contribution in [2.45, 2.75) is 0 Å². The van der Waals surface area contributed by atoms with Crippen molar-refractivity contribution in [1.82, 2.24) is 0 Å². The zero-order chi connectivity index (χ0) is 25.7. The summed E-state index contributed by atoms with van der Waals surface area (Å²) in [6.07, 6.45) is 0. The maximum Gasteiger partial charge on any atom is 0.114 e. The Labute approximate surface area is 226 Å². The Morgan fingerprint density at radius 1 is 0.368 bits per heavy atom. The number of rotatable bonds is 3. The van der Waals surface area contributed by atoms with Crippen molar-refractivity contribution in [3.8, 4) is 0 Å². The van der Waals surface area contributed by atoms with Crippen LogP contribution in [0.3, 0.4) is 0 Å². The Morgan fingerprint density at radius 3 is 1.37 bits per heavy atom. The first-order chi connectivity index (χ1) is 18.8. The fourth-order valence-electron chi connectivity index (χ4n) is 5.01. The van der Waals surface area contributed by atoms with Gasteiger partial charge in [0.25, 0.3) is 0 Å². The molecule has 0 fully saturated rings. The molecule has 178 valence electrons. The first kappa shape index (κ1) is 24.2. The third-order valence-electron chi connectivity index (χ3n) is 6.80. The number of benzene rings is 7. The summed E-state index contributed by atoms with van der Waals surface area (Å²) in [7, 11) is 5.72. The van der Waals surface area contributed by atoms with E-state index in [0.717, 1.165) is 10.8 Å². The van der Waals surface area contributed by atoms with Crippen LogP contribution in [0.2, 0.25) is 0 Å². The predicted octanol–water partition coefficient (Wildman–Crippen LogP) is 7.38. The minimum atomic E-state index is -0.446. The molecule has 0 unspecified atom stereocenters. The third kappa shape index (κ3) is 4.99. The van der Waals surface area contributed by atoms with Crippen molar-refractivity contribution < 1.29 is 0 Å². The lowest BCUT2D eigenvalue weighted by atomic mass is 9.87. The highest BCUT2D eigenvalue weighted by molar-refractivity contribution is 7.79. The summed E-state index contributed by atoms with van der Waals surface area (Å²) in [6.45, 7) is 0. The lowest BCUT2D eigenvalue weighted by Gasteiger charge is -2.18. The van der Waals surface area contributed by atoms with Crippen LogP contribution >= 0.6 is 7.92 Å². The van der Waals surface area contributed by atoms with E-state index in [1.165, 1.54) is 42.8 Å². The standard InChI is InChI=1S/C18H11B.C18H15P/c19-17-7-3-6-12-8-9-15-10-13-4-1-2-5-14(13)11-16(15)18(12)17;1-4-10-16(11-5-1)19(17-12-6-2-7-13-17)18-14-8-3-9-15-18/h1-11H;1-15H. The van der Waals surface area contributed by atoms with E-state index in [2.05, 4.69) is 146 Å². The Bertz CT molecular complexity index is 1720. The summed E-state index contributed by atoms with van der Waals surface area (Å²) in [5.41, 5.74) is 0.846. The van der Waals surface area contributed by atoms with Crippen molar-refractivity contribution in [1.29, 1.82) is 0 Å². The Morgan fingerprint density at radius 2 is 0.816 bits per heavy atom. The smallest absolute Gasteiger partial charge is 0.0884 e. The second kappa shape index (κ2) is 11.1. The van der Waals surface area contributed by atoms with Crippen LogP contribution < -0.4 is 21.4 Å². The molecular weight excluding hydrogens is 474 g/mol. The van der Waals surface area contributed by atoms with Gasteiger partial charge in [0.05, 0.1) is 0 Å². The topological polar surface area (TPSA) is 0 Å². The molecule has 0 aliphatic carbocycles. The van der Waals surface area contributed by atoms with Gasteiger partial charge in [-0.25, -0.2) is 0 Å². The summed E-state index contributed by atoms with van der Waals surface area (Å²) in [5.74, 6) is 0. The van der Waals surface area contributed by atoms with Gasteiger partial charge in [0.1, 0.15) is 7.85 Å². The minimum Gasteiger partial charge on any atom is -0.0884 e. The predicted molar refractivity (Wildman–Crippen MR) is 169 cm³/mol. The van der Waals surface area contributed by atoms with Crippen molar-refractivity contribution >= 4 is 69.5 Å². The normalized spacial score (nSPS) is 11.0. The summed E-state index contributed by atoms with van der Waals surface area (Å²) in [4.78, 5) is 0. The van der Waals surface area contributed by atoms with Gasteiger partial charge in [-0.05, 0) is 68.3 Å². The summed E-state index contributed by atoms with van der Waals surface area (Å²) in [5, 5.41) is 11.5. The van der Waals surface area contributed by atoms with Crippen LogP contribution in [0, 0.1) is 0 Å². The highest BCUT2D eigenvalue weighted by atomic mass is 31.1. The lowest BCUT2D eigenvalue weighted by molar-refractivity contribution is 1.74. The number of hydrogen-bond acceptors (Lipinski definition) is 0. The number of hydrogen-bond donors (Lipinski definition) is 0. The summed E-state index contributed by atoms with van der Waals surface area (Å²) >= 11 is 0. The molecule has 7 aromatic rings. The van der Waals surface area contributed by atoms with Gasteiger partial charge in [0.15, 0.2) is 0 Å². The Balaban J connectivity index is 0.000000139. The number of fused-ring (bicyclic) bond motifs is 4. The van der Waals surface area contributed by atoms with Crippen LogP contribution in [0.5, 0.6) is 0 Å². The van der Waals surface area contributed by atoms with Crippen LogP contribution in [0.15, 0.2) is 158 Å². The van der Waals surface area contributed by atoms with E-state index in [1.807, 2.05) is 12.1 Å². The van der Waals surface area contributed by atoms with Crippen molar-refractivity contribution in [2.75, 3.05) is 0 Å². The second-order valence-electron chi connectivity index (χ2n) is 9.27.